The van der Waals surface area contributed by atoms with Crippen molar-refractivity contribution in [1.29, 1.82) is 0 Å². The van der Waals surface area contributed by atoms with E-state index in [0.717, 1.165) is 49.7 Å². The number of phenolic OH excluding ortho intramolecular Hbond substituents is 1. The Labute approximate surface area is 385 Å². The number of aliphatic hydroxyl groups is 1. The molecule has 0 aromatic heterocycles. The largest absolute Gasteiger partial charge is 0.508 e. The summed E-state index contributed by atoms with van der Waals surface area (Å²) in [6, 6.07) is 21.8. The normalized spacial score (nSPS) is 18.9. The van der Waals surface area contributed by atoms with Gasteiger partial charge in [0.1, 0.15) is 35.7 Å². The Hall–Kier alpha value is -5.30. The number of amides is 2. The summed E-state index contributed by atoms with van der Waals surface area (Å²) < 4.78 is 25.6. The highest BCUT2D eigenvalue weighted by Gasteiger charge is 2.53. The molecular weight excluding hydrogens is 825 g/mol. The van der Waals surface area contributed by atoms with Gasteiger partial charge in [0.25, 0.3) is 0 Å². The molecule has 352 valence electrons. The van der Waals surface area contributed by atoms with Gasteiger partial charge in [-0.05, 0) is 81.4 Å². The van der Waals surface area contributed by atoms with Crippen LogP contribution in [-0.4, -0.2) is 94.3 Å². The zero-order valence-corrected chi connectivity index (χ0v) is 39.1. The zero-order valence-electron chi connectivity index (χ0n) is 39.1. The SMILES string of the molecule is CCCCCC1(CCCCC)OC2C=C(C(=O)N(C)C(Cc3ccccc3)C(=O)NC(CO)CCC(=O)OC(C)(C)C)CC(OC(=O)c3ccccc3C=CCc3ccccc3O)C2O1. The second kappa shape index (κ2) is 24.3. The lowest BCUT2D eigenvalue weighted by Gasteiger charge is -2.34. The first-order valence-electron chi connectivity index (χ1n) is 23.4. The van der Waals surface area contributed by atoms with E-state index < -0.39 is 72.1 Å². The second-order valence-corrected chi connectivity index (χ2v) is 18.3. The van der Waals surface area contributed by atoms with Gasteiger partial charge in [-0.2, -0.15) is 0 Å². The summed E-state index contributed by atoms with van der Waals surface area (Å²) in [5.41, 5.74) is 2.17. The van der Waals surface area contributed by atoms with Gasteiger partial charge in [0.05, 0.1) is 18.2 Å². The van der Waals surface area contributed by atoms with Crippen LogP contribution >= 0.6 is 0 Å². The summed E-state index contributed by atoms with van der Waals surface area (Å²) in [4.78, 5) is 57.3. The molecule has 5 unspecified atom stereocenters. The number of rotatable bonds is 23. The first-order valence-corrected chi connectivity index (χ1v) is 23.4. The van der Waals surface area contributed by atoms with Gasteiger partial charge in [-0.1, -0.05) is 118 Å². The summed E-state index contributed by atoms with van der Waals surface area (Å²) in [5, 5.41) is 23.4. The molecule has 1 fully saturated rings. The molecule has 2 amide bonds. The molecule has 0 spiro atoms. The van der Waals surface area contributed by atoms with Crippen molar-refractivity contribution < 1.29 is 48.3 Å². The number of esters is 2. The molecule has 1 saturated heterocycles. The molecule has 3 aromatic rings. The van der Waals surface area contributed by atoms with E-state index in [2.05, 4.69) is 19.2 Å². The number of nitrogens with one attached hydrogen (secondary N) is 1. The monoisotopic (exact) mass is 895 g/mol. The molecule has 0 saturated carbocycles. The Balaban J connectivity index is 1.43. The number of likely N-dealkylation sites (N-methyl/N-ethyl adjacent to an activating group) is 1. The number of aliphatic hydroxyl groups excluding tert-OH is 1. The average Bonchev–Trinajstić information content (AvgIpc) is 3.65. The fourth-order valence-corrected chi connectivity index (χ4v) is 8.42. The van der Waals surface area contributed by atoms with Gasteiger partial charge in [0, 0.05) is 44.7 Å². The number of benzene rings is 3. The van der Waals surface area contributed by atoms with E-state index in [-0.39, 0.29) is 31.4 Å². The third-order valence-corrected chi connectivity index (χ3v) is 11.9. The summed E-state index contributed by atoms with van der Waals surface area (Å²) in [5.74, 6) is -2.71. The van der Waals surface area contributed by atoms with Crippen LogP contribution in [0.2, 0.25) is 0 Å². The Morgan fingerprint density at radius 2 is 1.57 bits per heavy atom. The lowest BCUT2D eigenvalue weighted by molar-refractivity contribution is -0.190. The van der Waals surface area contributed by atoms with Gasteiger partial charge in [-0.25, -0.2) is 4.79 Å². The molecule has 5 atom stereocenters. The number of hydrogen-bond acceptors (Lipinski definition) is 10. The van der Waals surface area contributed by atoms with Crippen LogP contribution in [0, 0.1) is 0 Å². The summed E-state index contributed by atoms with van der Waals surface area (Å²) in [7, 11) is 1.57. The van der Waals surface area contributed by atoms with Gasteiger partial charge < -0.3 is 39.4 Å². The minimum atomic E-state index is -1.01. The van der Waals surface area contributed by atoms with Crippen molar-refractivity contribution in [2.24, 2.45) is 0 Å². The first-order chi connectivity index (χ1) is 31.2. The van der Waals surface area contributed by atoms with Crippen molar-refractivity contribution in [3.8, 4) is 5.75 Å². The van der Waals surface area contributed by atoms with E-state index in [1.165, 1.54) is 4.90 Å². The number of nitrogens with zero attached hydrogens (tertiary/aromatic N) is 1. The van der Waals surface area contributed by atoms with E-state index in [4.69, 9.17) is 18.9 Å². The highest BCUT2D eigenvalue weighted by molar-refractivity contribution is 5.98. The number of para-hydroxylation sites is 1. The highest BCUT2D eigenvalue weighted by atomic mass is 16.8. The van der Waals surface area contributed by atoms with Crippen LogP contribution < -0.4 is 5.32 Å². The maximum Gasteiger partial charge on any atom is 0.339 e. The maximum absolute atomic E-state index is 14.8. The van der Waals surface area contributed by atoms with Crippen LogP contribution in [-0.2, 0) is 46.2 Å². The zero-order chi connectivity index (χ0) is 47.0. The van der Waals surface area contributed by atoms with Crippen LogP contribution in [0.5, 0.6) is 5.75 Å². The molecule has 2 aliphatic rings. The fourth-order valence-electron chi connectivity index (χ4n) is 8.42. The predicted molar refractivity (Wildman–Crippen MR) is 251 cm³/mol. The minimum Gasteiger partial charge on any atom is -0.508 e. The lowest BCUT2D eigenvalue weighted by atomic mass is 9.90. The number of allylic oxidation sites excluding steroid dienone is 1. The van der Waals surface area contributed by atoms with Crippen LogP contribution in [0.1, 0.15) is 132 Å². The van der Waals surface area contributed by atoms with Crippen molar-refractivity contribution in [2.75, 3.05) is 13.7 Å². The molecule has 1 aliphatic carbocycles. The van der Waals surface area contributed by atoms with Crippen molar-refractivity contribution in [3.05, 3.63) is 119 Å². The number of aromatic hydroxyl groups is 1. The van der Waals surface area contributed by atoms with E-state index >= 15 is 0 Å². The number of phenols is 1. The van der Waals surface area contributed by atoms with Gasteiger partial charge in [0.2, 0.25) is 11.8 Å². The smallest absolute Gasteiger partial charge is 0.339 e. The van der Waals surface area contributed by atoms with Crippen LogP contribution in [0.25, 0.3) is 6.08 Å². The Morgan fingerprint density at radius 1 is 0.908 bits per heavy atom. The summed E-state index contributed by atoms with van der Waals surface area (Å²) in [6.07, 6.45) is 11.0. The molecular formula is C53H70N2O10. The van der Waals surface area contributed by atoms with Crippen LogP contribution in [0.15, 0.2) is 96.6 Å². The summed E-state index contributed by atoms with van der Waals surface area (Å²) in [6.45, 7) is 9.18. The fraction of sp³-hybridized carbons (Fsp3) is 0.509. The van der Waals surface area contributed by atoms with E-state index in [0.29, 0.717) is 36.0 Å². The van der Waals surface area contributed by atoms with Gasteiger partial charge in [-0.3, -0.25) is 14.4 Å². The quantitative estimate of drug-likeness (QED) is 0.0620. The van der Waals surface area contributed by atoms with Crippen molar-refractivity contribution in [2.45, 2.75) is 160 Å². The number of carbonyl (C=O) groups excluding carboxylic acids is 4. The third kappa shape index (κ3) is 14.9. The Bertz CT molecular complexity index is 2080. The Kier molecular flexibility index (Phi) is 18.9. The Morgan fingerprint density at radius 3 is 2.23 bits per heavy atom. The number of fused-ring (bicyclic) bond motifs is 1. The van der Waals surface area contributed by atoms with Gasteiger partial charge in [0.15, 0.2) is 5.79 Å². The molecule has 0 bridgehead atoms. The third-order valence-electron chi connectivity index (χ3n) is 11.9. The van der Waals surface area contributed by atoms with Crippen LogP contribution in [0.4, 0.5) is 0 Å². The predicted octanol–water partition coefficient (Wildman–Crippen LogP) is 8.81. The molecule has 3 N–H and O–H groups in total. The second-order valence-electron chi connectivity index (χ2n) is 18.3. The molecule has 12 nitrogen and oxygen atoms in total. The molecule has 3 aromatic carbocycles. The molecule has 1 heterocycles. The van der Waals surface area contributed by atoms with E-state index in [1.807, 2.05) is 66.7 Å². The summed E-state index contributed by atoms with van der Waals surface area (Å²) >= 11 is 0. The molecule has 65 heavy (non-hydrogen) atoms. The molecule has 12 heteroatoms. The first kappa shape index (κ1) is 50.7. The maximum atomic E-state index is 14.8. The topological polar surface area (TPSA) is 161 Å². The lowest BCUT2D eigenvalue weighted by Crippen LogP contribution is -2.53. The average molecular weight is 895 g/mol. The molecule has 0 radical (unpaired) electrons. The van der Waals surface area contributed by atoms with Crippen molar-refractivity contribution in [3.63, 3.8) is 0 Å². The highest BCUT2D eigenvalue weighted by Crippen LogP contribution is 2.43. The van der Waals surface area contributed by atoms with E-state index in [1.54, 1.807) is 58.2 Å². The number of hydrogen-bond donors (Lipinski definition) is 3. The number of ether oxygens (including phenoxy) is 4. The van der Waals surface area contributed by atoms with Crippen molar-refractivity contribution in [1.82, 2.24) is 10.2 Å². The standard InChI is InChI=1S/C53H70N2O10/c1-7-9-18-31-53(32-19-10-8-2)63-46-35-40(34-45(48(46)65-53)62-51(61)42-27-16-14-23-38(42)25-20-26-39-24-15-17-28-44(39)57)50(60)55(6)43(33-37-21-12-11-13-22-37)49(59)54-41(36-56)29-30-47(58)64-52(3,4)5/h11-17,20-25,27-28,35,41,43,45-46,48,56-57H,7-10,18-19,26,29-34,36H2,1-6H3,(H,54,59). The minimum absolute atomic E-state index is 0.0135. The van der Waals surface area contributed by atoms with E-state index in [9.17, 15) is 29.4 Å². The van der Waals surface area contributed by atoms with Gasteiger partial charge in [-0.15, -0.1) is 0 Å². The molecule has 1 aliphatic heterocycles. The molecule has 5 rings (SSSR count). The van der Waals surface area contributed by atoms with Crippen molar-refractivity contribution >= 4 is 29.8 Å². The van der Waals surface area contributed by atoms with Crippen LogP contribution in [0.3, 0.4) is 0 Å². The number of carbonyl (C=O) groups is 4. The number of unbranched alkanes of at least 4 members (excludes halogenated alkanes) is 4. The van der Waals surface area contributed by atoms with Gasteiger partial charge >= 0.3 is 11.9 Å².